The van der Waals surface area contributed by atoms with Crippen molar-refractivity contribution < 1.29 is 23.8 Å². The van der Waals surface area contributed by atoms with Gasteiger partial charge in [-0.2, -0.15) is 0 Å². The molecule has 4 rings (SSSR count). The van der Waals surface area contributed by atoms with Gasteiger partial charge in [0.05, 0.1) is 0 Å². The van der Waals surface area contributed by atoms with Crippen LogP contribution >= 0.6 is 0 Å². The third-order valence-electron chi connectivity index (χ3n) is 5.57. The molecule has 0 saturated heterocycles. The number of carbonyl (C=O) groups is 2. The number of anilines is 1. The lowest BCUT2D eigenvalue weighted by Crippen LogP contribution is -2.47. The van der Waals surface area contributed by atoms with Crippen LogP contribution in [0.15, 0.2) is 60.8 Å². The summed E-state index contributed by atoms with van der Waals surface area (Å²) in [6, 6.07) is 15.0. The van der Waals surface area contributed by atoms with Gasteiger partial charge in [0, 0.05) is 19.3 Å². The topological polar surface area (TPSA) is 105 Å². The van der Waals surface area contributed by atoms with Gasteiger partial charge in [-0.05, 0) is 55.5 Å². The summed E-state index contributed by atoms with van der Waals surface area (Å²) < 4.78 is 18.6. The quantitative estimate of drug-likeness (QED) is 0.535. The molecule has 184 valence electrons. The van der Waals surface area contributed by atoms with Crippen LogP contribution in [0.1, 0.15) is 35.1 Å². The van der Waals surface area contributed by atoms with Gasteiger partial charge in [-0.1, -0.05) is 30.2 Å². The molecule has 0 radical (unpaired) electrons. The first-order chi connectivity index (χ1) is 17.3. The van der Waals surface area contributed by atoms with E-state index in [1.165, 1.54) is 24.1 Å². The largest absolute Gasteiger partial charge is 0.457 e. The predicted molar refractivity (Wildman–Crippen MR) is 131 cm³/mol. The number of aromatic nitrogens is 2. The van der Waals surface area contributed by atoms with E-state index >= 15 is 0 Å². The maximum absolute atomic E-state index is 13.2. The summed E-state index contributed by atoms with van der Waals surface area (Å²) in [6.07, 6.45) is 2.33. The second-order valence-corrected chi connectivity index (χ2v) is 8.59. The van der Waals surface area contributed by atoms with Gasteiger partial charge in [0.1, 0.15) is 41.4 Å². The first-order valence-corrected chi connectivity index (χ1v) is 11.3. The number of ether oxygens (including phenoxy) is 1. The minimum absolute atomic E-state index is 0.122. The Morgan fingerprint density at radius 2 is 2.03 bits per heavy atom. The number of nitrogens with zero attached hydrogens (tertiary/aromatic N) is 3. The molecule has 2 aromatic heterocycles. The number of alkyl halides is 1. The van der Waals surface area contributed by atoms with Gasteiger partial charge in [0.25, 0.3) is 5.91 Å². The number of benzene rings is 1. The number of aliphatic hydroxyl groups is 1. The van der Waals surface area contributed by atoms with E-state index in [2.05, 4.69) is 27.1 Å². The minimum Gasteiger partial charge on any atom is -0.457 e. The summed E-state index contributed by atoms with van der Waals surface area (Å²) in [5, 5.41) is 12.5. The zero-order valence-corrected chi connectivity index (χ0v) is 19.9. The van der Waals surface area contributed by atoms with E-state index < -0.39 is 24.2 Å². The number of para-hydroxylation sites is 1. The zero-order chi connectivity index (χ0) is 25.7. The van der Waals surface area contributed by atoms with Crippen molar-refractivity contribution in [1.29, 1.82) is 0 Å². The molecule has 0 fully saturated rings. The summed E-state index contributed by atoms with van der Waals surface area (Å²) in [6.45, 7) is 0.256. The summed E-state index contributed by atoms with van der Waals surface area (Å²) in [7, 11) is 1.57. The molecule has 36 heavy (non-hydrogen) atoms. The fraction of sp³-hybridized carbons (Fsp3) is 0.259. The molecular weight excluding hydrogens is 463 g/mol. The van der Waals surface area contributed by atoms with Crippen LogP contribution in [0.5, 0.6) is 11.5 Å². The molecule has 2 amide bonds. The Morgan fingerprint density at radius 1 is 1.25 bits per heavy atom. The number of hydrogen-bond donors (Lipinski definition) is 2. The predicted octanol–water partition coefficient (Wildman–Crippen LogP) is 3.05. The molecule has 2 atom stereocenters. The Bertz CT molecular complexity index is 1330. The van der Waals surface area contributed by atoms with Gasteiger partial charge in [-0.3, -0.25) is 19.5 Å². The molecule has 0 spiro atoms. The van der Waals surface area contributed by atoms with Crippen LogP contribution in [-0.4, -0.2) is 52.3 Å². The number of aryl methyl sites for hydroxylation is 1. The van der Waals surface area contributed by atoms with Crippen molar-refractivity contribution in [1.82, 2.24) is 15.3 Å². The van der Waals surface area contributed by atoms with Crippen LogP contribution in [-0.2, 0) is 11.2 Å². The van der Waals surface area contributed by atoms with E-state index in [9.17, 15) is 19.1 Å². The molecule has 9 heteroatoms. The molecule has 3 heterocycles. The van der Waals surface area contributed by atoms with Crippen molar-refractivity contribution in [2.24, 2.45) is 0 Å². The molecule has 1 aromatic carbocycles. The Balaban J connectivity index is 1.48. The number of pyridine rings is 2. The fourth-order valence-corrected chi connectivity index (χ4v) is 3.62. The van der Waals surface area contributed by atoms with Crippen molar-refractivity contribution in [3.05, 3.63) is 77.7 Å². The van der Waals surface area contributed by atoms with Crippen LogP contribution in [0.25, 0.3) is 0 Å². The molecule has 8 nitrogen and oxygen atoms in total. The van der Waals surface area contributed by atoms with Gasteiger partial charge < -0.3 is 15.2 Å². The number of likely N-dealkylation sites (N-methyl/N-ethyl adjacent to an activating group) is 1. The Kier molecular flexibility index (Phi) is 7.27. The molecular formula is C27H25FN4O4. The van der Waals surface area contributed by atoms with Crippen molar-refractivity contribution in [2.45, 2.75) is 31.4 Å². The summed E-state index contributed by atoms with van der Waals surface area (Å²) >= 11 is 0. The van der Waals surface area contributed by atoms with Gasteiger partial charge in [-0.25, -0.2) is 9.37 Å². The van der Waals surface area contributed by atoms with E-state index in [0.717, 1.165) is 5.56 Å². The van der Waals surface area contributed by atoms with Crippen molar-refractivity contribution in [2.75, 3.05) is 18.6 Å². The molecule has 1 unspecified atom stereocenters. The number of carbonyl (C=O) groups excluding carboxylic acids is 2. The molecule has 2 N–H and O–H groups in total. The van der Waals surface area contributed by atoms with Gasteiger partial charge >= 0.3 is 0 Å². The normalized spacial score (nSPS) is 16.6. The van der Waals surface area contributed by atoms with E-state index in [1.54, 1.807) is 37.4 Å². The SMILES string of the molecule is CN1C(=O)[C@@H](NC(=O)c2cc(Oc3ccccc3)ccn2)CCc2ccc(C#CC(C)(O)CF)nc21. The molecule has 3 aromatic rings. The highest BCUT2D eigenvalue weighted by molar-refractivity contribution is 6.02. The Hall–Kier alpha value is -4.29. The van der Waals surface area contributed by atoms with E-state index in [0.29, 0.717) is 35.9 Å². The maximum atomic E-state index is 13.2. The average Bonchev–Trinajstić information content (AvgIpc) is 3.00. The number of halogens is 1. The summed E-state index contributed by atoms with van der Waals surface area (Å²) in [5.41, 5.74) is -0.551. The number of nitrogens with one attached hydrogen (secondary N) is 1. The monoisotopic (exact) mass is 488 g/mol. The highest BCUT2D eigenvalue weighted by atomic mass is 19.1. The van der Waals surface area contributed by atoms with Crippen LogP contribution in [0.4, 0.5) is 10.2 Å². The smallest absolute Gasteiger partial charge is 0.270 e. The van der Waals surface area contributed by atoms with Crippen molar-refractivity contribution in [3.63, 3.8) is 0 Å². The van der Waals surface area contributed by atoms with Crippen LogP contribution in [0.3, 0.4) is 0 Å². The van der Waals surface area contributed by atoms with E-state index in [-0.39, 0.29) is 11.6 Å². The van der Waals surface area contributed by atoms with Crippen LogP contribution < -0.4 is 15.0 Å². The van der Waals surface area contributed by atoms with Crippen molar-refractivity contribution >= 4 is 17.6 Å². The Morgan fingerprint density at radius 3 is 2.78 bits per heavy atom. The molecule has 1 aliphatic rings. The summed E-state index contributed by atoms with van der Waals surface area (Å²) in [5.74, 6) is 5.72. The number of amides is 2. The third-order valence-corrected chi connectivity index (χ3v) is 5.57. The first-order valence-electron chi connectivity index (χ1n) is 11.3. The highest BCUT2D eigenvalue weighted by Gasteiger charge is 2.31. The number of fused-ring (bicyclic) bond motifs is 1. The number of hydrogen-bond acceptors (Lipinski definition) is 6. The van der Waals surface area contributed by atoms with Crippen molar-refractivity contribution in [3.8, 4) is 23.3 Å². The standard InChI is InChI=1S/C27H25FN4O4/c1-27(35,17-28)14-12-19-10-8-18-9-11-22(26(34)32(2)24(18)30-19)31-25(33)23-16-21(13-15-29-23)36-20-6-4-3-5-7-20/h3-8,10,13,15-16,22,35H,9,11,17H2,1-2H3,(H,31,33)/t22-,27?/m0/s1. The Labute approximate surface area is 208 Å². The highest BCUT2D eigenvalue weighted by Crippen LogP contribution is 2.25. The molecule has 1 aliphatic heterocycles. The lowest BCUT2D eigenvalue weighted by atomic mass is 10.1. The van der Waals surface area contributed by atoms with Crippen LogP contribution in [0, 0.1) is 11.8 Å². The molecule has 0 saturated carbocycles. The lowest BCUT2D eigenvalue weighted by molar-refractivity contribution is -0.120. The second-order valence-electron chi connectivity index (χ2n) is 8.59. The van der Waals surface area contributed by atoms with Gasteiger partial charge in [0.15, 0.2) is 5.60 Å². The zero-order valence-electron chi connectivity index (χ0n) is 19.9. The van der Waals surface area contributed by atoms with E-state index in [1.807, 2.05) is 18.2 Å². The lowest BCUT2D eigenvalue weighted by Gasteiger charge is -2.21. The minimum atomic E-state index is -1.77. The first kappa shape index (κ1) is 24.8. The molecule has 0 aliphatic carbocycles. The van der Waals surface area contributed by atoms with E-state index in [4.69, 9.17) is 4.74 Å². The maximum Gasteiger partial charge on any atom is 0.270 e. The van der Waals surface area contributed by atoms with Crippen LogP contribution in [0.2, 0.25) is 0 Å². The second kappa shape index (κ2) is 10.5. The third kappa shape index (κ3) is 5.85. The van der Waals surface area contributed by atoms with Gasteiger partial charge in [0.2, 0.25) is 5.91 Å². The number of rotatable bonds is 5. The van der Waals surface area contributed by atoms with Gasteiger partial charge in [-0.15, -0.1) is 0 Å². The fourth-order valence-electron chi connectivity index (χ4n) is 3.62. The molecule has 0 bridgehead atoms. The summed E-state index contributed by atoms with van der Waals surface area (Å²) in [4.78, 5) is 36.0. The average molecular weight is 489 g/mol.